The Morgan fingerprint density at radius 3 is 2.71 bits per heavy atom. The Bertz CT molecular complexity index is 674. The molecule has 21 heavy (non-hydrogen) atoms. The largest absolute Gasteiger partial charge is 0.495 e. The van der Waals surface area contributed by atoms with Crippen molar-refractivity contribution in [2.24, 2.45) is 0 Å². The van der Waals surface area contributed by atoms with Crippen LogP contribution in [0.4, 0.5) is 11.4 Å². The lowest BCUT2D eigenvalue weighted by molar-refractivity contribution is -0.385. The molecule has 5 nitrogen and oxygen atoms in total. The molecule has 0 aromatic heterocycles. The minimum Gasteiger partial charge on any atom is -0.495 e. The van der Waals surface area contributed by atoms with Gasteiger partial charge in [0.2, 0.25) is 0 Å². The molecule has 0 saturated carbocycles. The predicted octanol–water partition coefficient (Wildman–Crippen LogP) is 4.29. The van der Waals surface area contributed by atoms with Gasteiger partial charge in [-0.25, -0.2) is 0 Å². The van der Waals surface area contributed by atoms with Gasteiger partial charge in [-0.05, 0) is 24.6 Å². The third-order valence-electron chi connectivity index (χ3n) is 3.13. The molecule has 6 heteroatoms. The van der Waals surface area contributed by atoms with Gasteiger partial charge < -0.3 is 10.1 Å². The van der Waals surface area contributed by atoms with Crippen molar-refractivity contribution < 1.29 is 9.66 Å². The number of hydrogen-bond acceptors (Lipinski definition) is 4. The first-order valence-corrected chi connectivity index (χ1v) is 7.12. The maximum absolute atomic E-state index is 11.0. The molecule has 0 atom stereocenters. The van der Waals surface area contributed by atoms with Crippen molar-refractivity contribution in [1.82, 2.24) is 0 Å². The molecule has 110 valence electrons. The highest BCUT2D eigenvalue weighted by atomic mass is 79.9. The number of nitrogens with zero attached hydrogens (tertiary/aromatic N) is 1. The van der Waals surface area contributed by atoms with Gasteiger partial charge in [0.25, 0.3) is 5.69 Å². The van der Waals surface area contributed by atoms with Crippen LogP contribution in [0, 0.1) is 17.0 Å². The average Bonchev–Trinajstić information content (AvgIpc) is 2.45. The third-order valence-corrected chi connectivity index (χ3v) is 3.59. The van der Waals surface area contributed by atoms with Gasteiger partial charge in [-0.3, -0.25) is 10.1 Å². The van der Waals surface area contributed by atoms with Crippen LogP contribution in [0.2, 0.25) is 0 Å². The molecule has 0 saturated heterocycles. The van der Waals surface area contributed by atoms with E-state index >= 15 is 0 Å². The first kappa shape index (κ1) is 15.3. The number of anilines is 1. The zero-order valence-electron chi connectivity index (χ0n) is 11.7. The van der Waals surface area contributed by atoms with Crippen LogP contribution in [0.15, 0.2) is 40.9 Å². The molecule has 0 aliphatic carbocycles. The summed E-state index contributed by atoms with van der Waals surface area (Å²) >= 11 is 3.42. The van der Waals surface area contributed by atoms with E-state index in [1.54, 1.807) is 25.3 Å². The van der Waals surface area contributed by atoms with Crippen LogP contribution < -0.4 is 10.1 Å². The highest BCUT2D eigenvalue weighted by molar-refractivity contribution is 9.10. The second kappa shape index (κ2) is 6.58. The zero-order valence-corrected chi connectivity index (χ0v) is 13.3. The van der Waals surface area contributed by atoms with Gasteiger partial charge >= 0.3 is 0 Å². The molecule has 2 aromatic carbocycles. The van der Waals surface area contributed by atoms with Crippen molar-refractivity contribution in [3.63, 3.8) is 0 Å². The van der Waals surface area contributed by atoms with E-state index in [-0.39, 0.29) is 10.6 Å². The summed E-state index contributed by atoms with van der Waals surface area (Å²) in [5, 5.41) is 14.2. The predicted molar refractivity (Wildman–Crippen MR) is 85.9 cm³/mol. The van der Waals surface area contributed by atoms with Gasteiger partial charge in [-0.2, -0.15) is 0 Å². The molecular formula is C15H15BrN2O3. The van der Waals surface area contributed by atoms with Crippen molar-refractivity contribution in [1.29, 1.82) is 0 Å². The summed E-state index contributed by atoms with van der Waals surface area (Å²) in [7, 11) is 1.59. The maximum atomic E-state index is 11.0. The fourth-order valence-corrected chi connectivity index (χ4v) is 2.67. The Kier molecular flexibility index (Phi) is 4.80. The fraction of sp³-hybridized carbons (Fsp3) is 0.200. The lowest BCUT2D eigenvalue weighted by Crippen LogP contribution is -2.05. The summed E-state index contributed by atoms with van der Waals surface area (Å²) in [4.78, 5) is 10.6. The van der Waals surface area contributed by atoms with Crippen LogP contribution in [0.5, 0.6) is 5.75 Å². The number of nitro benzene ring substituents is 1. The summed E-state index contributed by atoms with van der Waals surface area (Å²) in [6.45, 7) is 2.31. The van der Waals surface area contributed by atoms with E-state index in [4.69, 9.17) is 4.74 Å². The number of methoxy groups -OCH3 is 1. The monoisotopic (exact) mass is 350 g/mol. The highest BCUT2D eigenvalue weighted by Gasteiger charge is 2.14. The van der Waals surface area contributed by atoms with Gasteiger partial charge in [-0.1, -0.05) is 34.1 Å². The van der Waals surface area contributed by atoms with Crippen molar-refractivity contribution in [3.05, 3.63) is 62.1 Å². The smallest absolute Gasteiger partial charge is 0.274 e. The van der Waals surface area contributed by atoms with Crippen LogP contribution in [0.25, 0.3) is 0 Å². The Hall–Kier alpha value is -2.08. The number of ether oxygens (including phenoxy) is 1. The van der Waals surface area contributed by atoms with E-state index in [9.17, 15) is 10.1 Å². The molecule has 1 N–H and O–H groups in total. The van der Waals surface area contributed by atoms with Crippen molar-refractivity contribution in [2.45, 2.75) is 13.5 Å². The fourth-order valence-electron chi connectivity index (χ4n) is 2.12. The summed E-state index contributed by atoms with van der Waals surface area (Å²) < 4.78 is 6.27. The van der Waals surface area contributed by atoms with Crippen LogP contribution in [0.3, 0.4) is 0 Å². The molecule has 0 unspecified atom stereocenters. The number of nitrogens with one attached hydrogen (secondary N) is 1. The van der Waals surface area contributed by atoms with Crippen LogP contribution in [-0.2, 0) is 6.54 Å². The number of benzene rings is 2. The highest BCUT2D eigenvalue weighted by Crippen LogP contribution is 2.32. The first-order valence-electron chi connectivity index (χ1n) is 6.33. The van der Waals surface area contributed by atoms with E-state index in [0.717, 1.165) is 15.7 Å². The maximum Gasteiger partial charge on any atom is 0.274 e. The van der Waals surface area contributed by atoms with Gasteiger partial charge in [-0.15, -0.1) is 0 Å². The van der Waals surface area contributed by atoms with Crippen molar-refractivity contribution >= 4 is 27.3 Å². The zero-order chi connectivity index (χ0) is 15.4. The van der Waals surface area contributed by atoms with Crippen molar-refractivity contribution in [2.75, 3.05) is 12.4 Å². The van der Waals surface area contributed by atoms with Crippen LogP contribution in [0.1, 0.15) is 11.1 Å². The molecule has 0 fully saturated rings. The summed E-state index contributed by atoms with van der Waals surface area (Å²) in [6, 6.07) is 10.5. The topological polar surface area (TPSA) is 64.4 Å². The van der Waals surface area contributed by atoms with Gasteiger partial charge in [0.15, 0.2) is 0 Å². The molecule has 0 bridgehead atoms. The van der Waals surface area contributed by atoms with E-state index in [1.807, 2.05) is 19.1 Å². The van der Waals surface area contributed by atoms with Crippen molar-refractivity contribution in [3.8, 4) is 5.75 Å². The van der Waals surface area contributed by atoms with Crippen LogP contribution >= 0.6 is 15.9 Å². The quantitative estimate of drug-likeness (QED) is 0.645. The molecule has 0 aliphatic rings. The SMILES string of the molecule is COc1cc(Br)cc(C)c1NCc1ccccc1[N+](=O)[O-]. The minimum absolute atomic E-state index is 0.110. The standard InChI is InChI=1S/C15H15BrN2O3/c1-10-7-12(16)8-14(21-2)15(10)17-9-11-5-3-4-6-13(11)18(19)20/h3-8,17H,9H2,1-2H3. The Balaban J connectivity index is 2.27. The molecule has 2 rings (SSSR count). The Morgan fingerprint density at radius 1 is 1.33 bits per heavy atom. The lowest BCUT2D eigenvalue weighted by atomic mass is 10.1. The molecule has 0 aliphatic heterocycles. The lowest BCUT2D eigenvalue weighted by Gasteiger charge is -2.14. The summed E-state index contributed by atoms with van der Waals surface area (Å²) in [5.74, 6) is 0.695. The van der Waals surface area contributed by atoms with E-state index in [1.165, 1.54) is 6.07 Å². The summed E-state index contributed by atoms with van der Waals surface area (Å²) in [6.07, 6.45) is 0. The Labute approximate surface area is 131 Å². The number of hydrogen-bond donors (Lipinski definition) is 1. The molecule has 0 heterocycles. The number of para-hydroxylation sites is 1. The van der Waals surface area contributed by atoms with E-state index in [2.05, 4.69) is 21.2 Å². The molecule has 2 aromatic rings. The number of rotatable bonds is 5. The Morgan fingerprint density at radius 2 is 2.05 bits per heavy atom. The minimum atomic E-state index is -0.372. The average molecular weight is 351 g/mol. The van der Waals surface area contributed by atoms with Crippen LogP contribution in [-0.4, -0.2) is 12.0 Å². The third kappa shape index (κ3) is 3.52. The summed E-state index contributed by atoms with van der Waals surface area (Å²) in [5.41, 5.74) is 2.57. The molecule has 0 amide bonds. The number of aryl methyl sites for hydroxylation is 1. The molecule has 0 spiro atoms. The van der Waals surface area contributed by atoms with E-state index in [0.29, 0.717) is 17.9 Å². The second-order valence-corrected chi connectivity index (χ2v) is 5.45. The number of halogens is 1. The molecule has 0 radical (unpaired) electrons. The second-order valence-electron chi connectivity index (χ2n) is 4.54. The number of nitro groups is 1. The molecular weight excluding hydrogens is 336 g/mol. The first-order chi connectivity index (χ1) is 10.0. The van der Waals surface area contributed by atoms with Gasteiger partial charge in [0.05, 0.1) is 17.7 Å². The van der Waals surface area contributed by atoms with E-state index < -0.39 is 0 Å². The normalized spacial score (nSPS) is 10.2. The van der Waals surface area contributed by atoms with Gasteiger partial charge in [0.1, 0.15) is 5.75 Å². The van der Waals surface area contributed by atoms with Gasteiger partial charge in [0, 0.05) is 22.6 Å².